The molecule has 2 N–H and O–H groups in total. The highest BCUT2D eigenvalue weighted by Crippen LogP contribution is 2.39. The molecule has 2 aromatic carbocycles. The second-order valence-corrected chi connectivity index (χ2v) is 10.4. The molecule has 3 aromatic rings. The van der Waals surface area contributed by atoms with Gasteiger partial charge in [0.2, 0.25) is 17.7 Å². The summed E-state index contributed by atoms with van der Waals surface area (Å²) in [5.41, 5.74) is 1.44. The van der Waals surface area contributed by atoms with E-state index >= 15 is 0 Å². The minimum absolute atomic E-state index is 0.128. The number of ether oxygens (including phenoxy) is 2. The Morgan fingerprint density at radius 3 is 2.27 bits per heavy atom. The monoisotopic (exact) mass is 550 g/mol. The van der Waals surface area contributed by atoms with E-state index in [1.807, 2.05) is 39.8 Å². The lowest BCUT2D eigenvalue weighted by molar-refractivity contribution is -0.128. The van der Waals surface area contributed by atoms with Crippen LogP contribution in [-0.4, -0.2) is 42.6 Å². The van der Waals surface area contributed by atoms with Gasteiger partial charge in [0, 0.05) is 35.7 Å². The van der Waals surface area contributed by atoms with Crippen LogP contribution in [0.1, 0.15) is 63.5 Å². The Morgan fingerprint density at radius 1 is 1.02 bits per heavy atom. The number of aryl methyl sites for hydroxylation is 2. The summed E-state index contributed by atoms with van der Waals surface area (Å²) >= 11 is 0. The van der Waals surface area contributed by atoms with Gasteiger partial charge >= 0.3 is 0 Å². The molecule has 1 atom stereocenters. The molecule has 40 heavy (non-hydrogen) atoms. The molecule has 0 radical (unpaired) electrons. The molecule has 0 spiro atoms. The molecule has 0 saturated carbocycles. The molecule has 0 saturated heterocycles. The Bertz CT molecular complexity index is 1330. The zero-order valence-electron chi connectivity index (χ0n) is 24.2. The van der Waals surface area contributed by atoms with Gasteiger partial charge in [-0.25, -0.2) is 0 Å². The average Bonchev–Trinajstić information content (AvgIpc) is 3.32. The van der Waals surface area contributed by atoms with Gasteiger partial charge in [0.05, 0.1) is 14.2 Å². The lowest BCUT2D eigenvalue weighted by Gasteiger charge is -2.34. The van der Waals surface area contributed by atoms with Crippen LogP contribution in [0.4, 0.5) is 11.5 Å². The highest BCUT2D eigenvalue weighted by Gasteiger charge is 2.37. The van der Waals surface area contributed by atoms with Gasteiger partial charge in [-0.05, 0) is 57.9 Å². The first kappa shape index (κ1) is 30.2. The molecule has 1 heterocycles. The van der Waals surface area contributed by atoms with Crippen molar-refractivity contribution >= 4 is 29.2 Å². The Balaban J connectivity index is 2.06. The molecule has 3 rings (SSSR count). The zero-order chi connectivity index (χ0) is 29.4. The summed E-state index contributed by atoms with van der Waals surface area (Å²) in [6, 6.07) is 13.1. The third-order valence-electron chi connectivity index (χ3n) is 6.09. The summed E-state index contributed by atoms with van der Waals surface area (Å²) in [5.74, 6) is 0.339. The molecule has 0 aliphatic heterocycles. The van der Waals surface area contributed by atoms with Crippen LogP contribution in [0.3, 0.4) is 0 Å². The molecule has 10 nitrogen and oxygen atoms in total. The Labute approximate surface area is 235 Å². The van der Waals surface area contributed by atoms with Crippen molar-refractivity contribution in [2.45, 2.75) is 65.5 Å². The van der Waals surface area contributed by atoms with Gasteiger partial charge in [-0.2, -0.15) is 0 Å². The molecule has 10 heteroatoms. The number of benzene rings is 2. The molecular weight excluding hydrogens is 512 g/mol. The lowest BCUT2D eigenvalue weighted by atomic mass is 9.98. The fourth-order valence-corrected chi connectivity index (χ4v) is 4.26. The number of nitrogens with zero attached hydrogens (tertiary/aromatic N) is 2. The van der Waals surface area contributed by atoms with Crippen molar-refractivity contribution in [2.75, 3.05) is 24.4 Å². The maximum Gasteiger partial charge on any atom is 0.248 e. The number of carbonyl (C=O) groups excluding carboxylic acids is 3. The summed E-state index contributed by atoms with van der Waals surface area (Å²) < 4.78 is 16.2. The van der Waals surface area contributed by atoms with Crippen molar-refractivity contribution in [3.05, 3.63) is 65.4 Å². The first-order valence-corrected chi connectivity index (χ1v) is 13.1. The van der Waals surface area contributed by atoms with Gasteiger partial charge in [0.25, 0.3) is 0 Å². The number of aromatic nitrogens is 1. The highest BCUT2D eigenvalue weighted by atomic mass is 16.5. The number of nitrogens with one attached hydrogen (secondary N) is 2. The minimum atomic E-state index is -1.12. The van der Waals surface area contributed by atoms with Crippen LogP contribution in [0.5, 0.6) is 11.5 Å². The van der Waals surface area contributed by atoms with Gasteiger partial charge in [0.1, 0.15) is 11.8 Å². The molecule has 0 aliphatic rings. The van der Waals surface area contributed by atoms with Gasteiger partial charge in [-0.15, -0.1) is 0 Å². The van der Waals surface area contributed by atoms with Crippen LogP contribution in [0.15, 0.2) is 53.1 Å². The highest BCUT2D eigenvalue weighted by molar-refractivity contribution is 6.03. The van der Waals surface area contributed by atoms with Crippen LogP contribution >= 0.6 is 0 Å². The van der Waals surface area contributed by atoms with E-state index in [2.05, 4.69) is 15.8 Å². The fourth-order valence-electron chi connectivity index (χ4n) is 4.26. The van der Waals surface area contributed by atoms with Gasteiger partial charge in [-0.3, -0.25) is 19.3 Å². The van der Waals surface area contributed by atoms with Crippen molar-refractivity contribution in [2.24, 2.45) is 0 Å². The molecule has 0 aliphatic carbocycles. The number of para-hydroxylation sites is 1. The number of anilines is 2. The molecular formula is C30H38N4O6. The molecule has 214 valence electrons. The number of hydrogen-bond acceptors (Lipinski definition) is 7. The van der Waals surface area contributed by atoms with Gasteiger partial charge in [0.15, 0.2) is 17.3 Å². The van der Waals surface area contributed by atoms with Crippen LogP contribution in [0, 0.1) is 6.92 Å². The van der Waals surface area contributed by atoms with Gasteiger partial charge < -0.3 is 24.6 Å². The summed E-state index contributed by atoms with van der Waals surface area (Å²) in [4.78, 5) is 42.0. The zero-order valence-corrected chi connectivity index (χ0v) is 24.2. The normalized spacial score (nSPS) is 11.9. The van der Waals surface area contributed by atoms with Crippen LogP contribution in [-0.2, 0) is 20.8 Å². The average molecular weight is 551 g/mol. The fraction of sp³-hybridized carbons (Fsp3) is 0.400. The van der Waals surface area contributed by atoms with Crippen LogP contribution in [0.25, 0.3) is 0 Å². The standard InChI is InChI=1S/C30H38N4O6/c1-8-20-12-14-21(15-13-20)34(26(36)17-16-25(35)31-24-18-19(2)40-33-24)27(29(37)32-30(3,4)5)22-10-9-11-23(38-6)28(22)39-7/h9-15,18,27H,8,16-17H2,1-7H3,(H,32,37)(H,31,33,35)/t27-/m1/s1. The SMILES string of the molecule is CCc1ccc(N(C(=O)CCC(=O)Nc2cc(C)on2)[C@@H](C(=O)NC(C)(C)C)c2cccc(OC)c2OC)cc1. The Morgan fingerprint density at radius 2 is 1.73 bits per heavy atom. The van der Waals surface area contributed by atoms with E-state index in [4.69, 9.17) is 14.0 Å². The maximum atomic E-state index is 14.0. The number of hydrogen-bond donors (Lipinski definition) is 2. The molecule has 3 amide bonds. The molecule has 0 bridgehead atoms. The van der Waals surface area contributed by atoms with Gasteiger partial charge in [-0.1, -0.05) is 36.3 Å². The summed E-state index contributed by atoms with van der Waals surface area (Å²) in [6.45, 7) is 9.34. The third-order valence-corrected chi connectivity index (χ3v) is 6.09. The largest absolute Gasteiger partial charge is 0.493 e. The van der Waals surface area contributed by atoms with Crippen molar-refractivity contribution in [3.8, 4) is 11.5 Å². The predicted molar refractivity (Wildman–Crippen MR) is 153 cm³/mol. The van der Waals surface area contributed by atoms with E-state index in [0.29, 0.717) is 28.5 Å². The van der Waals surface area contributed by atoms with Crippen molar-refractivity contribution < 1.29 is 28.4 Å². The van der Waals surface area contributed by atoms with Crippen molar-refractivity contribution in [1.82, 2.24) is 10.5 Å². The number of rotatable bonds is 11. The topological polar surface area (TPSA) is 123 Å². The third kappa shape index (κ3) is 7.62. The smallest absolute Gasteiger partial charge is 0.248 e. The van der Waals surface area contributed by atoms with E-state index in [1.54, 1.807) is 43.3 Å². The number of carbonyl (C=O) groups is 3. The second-order valence-electron chi connectivity index (χ2n) is 10.4. The van der Waals surface area contributed by atoms with Crippen molar-refractivity contribution in [3.63, 3.8) is 0 Å². The van der Waals surface area contributed by atoms with Crippen LogP contribution < -0.4 is 25.0 Å². The van der Waals surface area contributed by atoms with E-state index in [9.17, 15) is 14.4 Å². The first-order valence-electron chi connectivity index (χ1n) is 13.1. The van der Waals surface area contributed by atoms with E-state index < -0.39 is 29.3 Å². The molecule has 0 fully saturated rings. The van der Waals surface area contributed by atoms with Crippen LogP contribution in [0.2, 0.25) is 0 Å². The lowest BCUT2D eigenvalue weighted by Crippen LogP contribution is -2.49. The summed E-state index contributed by atoms with van der Waals surface area (Å²) in [6.07, 6.45) is 0.522. The quantitative estimate of drug-likeness (QED) is 0.346. The summed E-state index contributed by atoms with van der Waals surface area (Å²) in [7, 11) is 2.99. The minimum Gasteiger partial charge on any atom is -0.493 e. The van der Waals surface area contributed by atoms with E-state index in [1.165, 1.54) is 19.1 Å². The first-order chi connectivity index (χ1) is 19.0. The van der Waals surface area contributed by atoms with Crippen molar-refractivity contribution in [1.29, 1.82) is 0 Å². The van der Waals surface area contributed by atoms with E-state index in [0.717, 1.165) is 12.0 Å². The maximum absolute atomic E-state index is 14.0. The second kappa shape index (κ2) is 13.1. The number of methoxy groups -OCH3 is 2. The Kier molecular flexibility index (Phi) is 9.93. The Hall–Kier alpha value is -4.34. The number of amides is 3. The predicted octanol–water partition coefficient (Wildman–Crippen LogP) is 4.97. The summed E-state index contributed by atoms with van der Waals surface area (Å²) in [5, 5.41) is 9.40. The van der Waals surface area contributed by atoms with E-state index in [-0.39, 0.29) is 18.7 Å². The molecule has 0 unspecified atom stereocenters. The molecule has 1 aromatic heterocycles.